The van der Waals surface area contributed by atoms with Crippen molar-refractivity contribution in [1.82, 2.24) is 15.1 Å². The molecule has 0 aromatic rings. The first kappa shape index (κ1) is 15.1. The minimum Gasteiger partial charge on any atom is -0.481 e. The molecule has 0 spiro atoms. The number of carbonyl (C=O) groups excluding carboxylic acids is 1. The minimum atomic E-state index is -0.882. The van der Waals surface area contributed by atoms with Crippen molar-refractivity contribution in [2.45, 2.75) is 51.2 Å². The molecule has 0 aromatic heterocycles. The van der Waals surface area contributed by atoms with Gasteiger partial charge in [-0.15, -0.1) is 0 Å². The smallest absolute Gasteiger partial charge is 0.317 e. The summed E-state index contributed by atoms with van der Waals surface area (Å²) in [5.74, 6) is -1.46. The number of hydrogen-bond acceptors (Lipinski definition) is 3. The monoisotopic (exact) mass is 283 g/mol. The predicted octanol–water partition coefficient (Wildman–Crippen LogP) is 0.974. The number of amides is 2. The molecule has 2 saturated heterocycles. The number of nitrogens with one attached hydrogen (secondary N) is 1. The third-order valence-electron chi connectivity index (χ3n) is 4.93. The molecule has 0 saturated carbocycles. The lowest BCUT2D eigenvalue weighted by Gasteiger charge is -2.28. The highest BCUT2D eigenvalue weighted by atomic mass is 16.4. The molecule has 2 heterocycles. The molecule has 4 unspecified atom stereocenters. The van der Waals surface area contributed by atoms with Crippen LogP contribution in [-0.2, 0) is 4.79 Å². The van der Waals surface area contributed by atoms with E-state index < -0.39 is 11.9 Å². The number of urea groups is 1. The topological polar surface area (TPSA) is 72.9 Å². The molecule has 2 rings (SSSR count). The van der Waals surface area contributed by atoms with Crippen LogP contribution >= 0.6 is 0 Å². The van der Waals surface area contributed by atoms with Crippen molar-refractivity contribution < 1.29 is 14.7 Å². The number of carboxylic acids is 1. The van der Waals surface area contributed by atoms with Gasteiger partial charge in [-0.25, -0.2) is 4.79 Å². The van der Waals surface area contributed by atoms with Gasteiger partial charge in [0.2, 0.25) is 0 Å². The average molecular weight is 283 g/mol. The lowest BCUT2D eigenvalue weighted by Crippen LogP contribution is -2.49. The zero-order valence-electron chi connectivity index (χ0n) is 12.5. The third-order valence-corrected chi connectivity index (χ3v) is 4.93. The van der Waals surface area contributed by atoms with Gasteiger partial charge in [0, 0.05) is 31.2 Å². The lowest BCUT2D eigenvalue weighted by molar-refractivity contribution is -0.141. The molecule has 2 fully saturated rings. The highest BCUT2D eigenvalue weighted by Crippen LogP contribution is 2.28. The van der Waals surface area contributed by atoms with Gasteiger partial charge >= 0.3 is 12.0 Å². The summed E-state index contributed by atoms with van der Waals surface area (Å²) in [4.78, 5) is 27.4. The second-order valence-corrected chi connectivity index (χ2v) is 6.15. The molecule has 2 bridgehead atoms. The summed E-state index contributed by atoms with van der Waals surface area (Å²) in [6, 6.07) is 0.540. The number of likely N-dealkylation sites (N-methyl/N-ethyl adjacent to an activating group) is 1. The molecule has 0 aliphatic carbocycles. The molecular formula is C14H25N3O3. The highest BCUT2D eigenvalue weighted by molar-refractivity contribution is 5.76. The Morgan fingerprint density at radius 1 is 1.20 bits per heavy atom. The predicted molar refractivity (Wildman–Crippen MR) is 75.6 cm³/mol. The summed E-state index contributed by atoms with van der Waals surface area (Å²) < 4.78 is 0. The van der Waals surface area contributed by atoms with Gasteiger partial charge in [0.05, 0.1) is 5.92 Å². The van der Waals surface area contributed by atoms with E-state index in [0.717, 1.165) is 25.9 Å². The van der Waals surface area contributed by atoms with Crippen LogP contribution in [0.2, 0.25) is 0 Å². The van der Waals surface area contributed by atoms with Crippen LogP contribution < -0.4 is 5.32 Å². The van der Waals surface area contributed by atoms with Gasteiger partial charge in [-0.2, -0.15) is 0 Å². The van der Waals surface area contributed by atoms with Crippen LogP contribution in [0.3, 0.4) is 0 Å². The van der Waals surface area contributed by atoms with Gasteiger partial charge < -0.3 is 15.3 Å². The van der Waals surface area contributed by atoms with Crippen molar-refractivity contribution in [3.63, 3.8) is 0 Å². The van der Waals surface area contributed by atoms with Crippen molar-refractivity contribution in [3.8, 4) is 0 Å². The minimum absolute atomic E-state index is 0.133. The summed E-state index contributed by atoms with van der Waals surface area (Å²) >= 11 is 0. The van der Waals surface area contributed by atoms with E-state index in [2.05, 4.69) is 17.3 Å². The van der Waals surface area contributed by atoms with E-state index in [9.17, 15) is 9.59 Å². The van der Waals surface area contributed by atoms with E-state index in [4.69, 9.17) is 5.11 Å². The van der Waals surface area contributed by atoms with Crippen molar-refractivity contribution in [2.75, 3.05) is 20.1 Å². The van der Waals surface area contributed by atoms with E-state index in [1.165, 1.54) is 6.42 Å². The molecule has 4 atom stereocenters. The van der Waals surface area contributed by atoms with Crippen molar-refractivity contribution in [1.29, 1.82) is 0 Å². The molecule has 2 amide bonds. The van der Waals surface area contributed by atoms with Gasteiger partial charge in [0.1, 0.15) is 0 Å². The average Bonchev–Trinajstić information content (AvgIpc) is 2.61. The maximum Gasteiger partial charge on any atom is 0.317 e. The number of likely N-dealkylation sites (tertiary alicyclic amines) is 1. The first-order chi connectivity index (χ1) is 9.40. The van der Waals surface area contributed by atoms with Crippen LogP contribution in [0, 0.1) is 5.92 Å². The molecular weight excluding hydrogens is 258 g/mol. The van der Waals surface area contributed by atoms with E-state index in [-0.39, 0.29) is 12.1 Å². The number of nitrogens with zero attached hydrogens (tertiary/aromatic N) is 2. The van der Waals surface area contributed by atoms with E-state index in [0.29, 0.717) is 12.1 Å². The van der Waals surface area contributed by atoms with Crippen LogP contribution in [0.5, 0.6) is 0 Å². The van der Waals surface area contributed by atoms with Crippen LogP contribution in [-0.4, -0.2) is 65.2 Å². The zero-order valence-corrected chi connectivity index (χ0v) is 12.5. The molecule has 6 nitrogen and oxygen atoms in total. The standard InChI is InChI=1S/C14H25N3O3/c1-9(13(18)19)10(2)15-14(20)17-7-6-11-4-5-12(8-17)16(11)3/h9-12H,4-8H2,1-3H3,(H,15,20)(H,18,19). The van der Waals surface area contributed by atoms with Crippen molar-refractivity contribution >= 4 is 12.0 Å². The van der Waals surface area contributed by atoms with Gasteiger partial charge in [0.15, 0.2) is 0 Å². The van der Waals surface area contributed by atoms with E-state index in [1.807, 2.05) is 4.90 Å². The Hall–Kier alpha value is -1.30. The fourth-order valence-corrected chi connectivity index (χ4v) is 3.12. The third kappa shape index (κ3) is 3.06. The van der Waals surface area contributed by atoms with E-state index >= 15 is 0 Å². The zero-order chi connectivity index (χ0) is 14.9. The second-order valence-electron chi connectivity index (χ2n) is 6.15. The van der Waals surface area contributed by atoms with Crippen molar-refractivity contribution in [3.05, 3.63) is 0 Å². The van der Waals surface area contributed by atoms with Crippen LogP contribution in [0.4, 0.5) is 4.79 Å². The van der Waals surface area contributed by atoms with Gasteiger partial charge in [-0.3, -0.25) is 9.69 Å². The summed E-state index contributed by atoms with van der Waals surface area (Å²) in [5, 5.41) is 11.8. The fraction of sp³-hybridized carbons (Fsp3) is 0.857. The largest absolute Gasteiger partial charge is 0.481 e. The quantitative estimate of drug-likeness (QED) is 0.809. The maximum absolute atomic E-state index is 12.3. The molecule has 2 aliphatic rings. The molecule has 2 aliphatic heterocycles. The summed E-state index contributed by atoms with van der Waals surface area (Å²) in [6.07, 6.45) is 3.37. The molecule has 20 heavy (non-hydrogen) atoms. The van der Waals surface area contributed by atoms with Gasteiger partial charge in [-0.1, -0.05) is 0 Å². The Morgan fingerprint density at radius 2 is 1.85 bits per heavy atom. The number of aliphatic carboxylic acids is 1. The number of carboxylic acid groups (broad SMARTS) is 1. The fourth-order valence-electron chi connectivity index (χ4n) is 3.12. The van der Waals surface area contributed by atoms with Crippen molar-refractivity contribution in [2.24, 2.45) is 5.92 Å². The van der Waals surface area contributed by atoms with Crippen LogP contribution in [0.15, 0.2) is 0 Å². The first-order valence-electron chi connectivity index (χ1n) is 7.40. The SMILES string of the molecule is CC(NC(=O)N1CCC2CCC(C1)N2C)C(C)C(=O)O. The molecule has 6 heteroatoms. The van der Waals surface area contributed by atoms with Crippen LogP contribution in [0.1, 0.15) is 33.1 Å². The molecule has 2 N–H and O–H groups in total. The maximum atomic E-state index is 12.3. The Bertz CT molecular complexity index is 388. The number of rotatable bonds is 3. The van der Waals surface area contributed by atoms with Gasteiger partial charge in [0.25, 0.3) is 0 Å². The second kappa shape index (κ2) is 5.99. The molecule has 0 aromatic carbocycles. The normalized spacial score (nSPS) is 29.6. The Balaban J connectivity index is 1.91. The first-order valence-corrected chi connectivity index (χ1v) is 7.40. The highest BCUT2D eigenvalue weighted by Gasteiger charge is 2.36. The van der Waals surface area contributed by atoms with Crippen LogP contribution in [0.25, 0.3) is 0 Å². The Labute approximate surface area is 120 Å². The summed E-state index contributed by atoms with van der Waals surface area (Å²) in [5.41, 5.74) is 0. The summed E-state index contributed by atoms with van der Waals surface area (Å²) in [7, 11) is 2.14. The summed E-state index contributed by atoms with van der Waals surface area (Å²) in [6.45, 7) is 4.86. The molecule has 114 valence electrons. The number of carbonyl (C=O) groups is 2. The number of fused-ring (bicyclic) bond motifs is 2. The Morgan fingerprint density at radius 3 is 2.50 bits per heavy atom. The molecule has 0 radical (unpaired) electrons. The Kier molecular flexibility index (Phi) is 4.52. The van der Waals surface area contributed by atoms with E-state index in [1.54, 1.807) is 13.8 Å². The number of hydrogen-bond donors (Lipinski definition) is 2. The van der Waals surface area contributed by atoms with Gasteiger partial charge in [-0.05, 0) is 40.2 Å². The lowest BCUT2D eigenvalue weighted by atomic mass is 10.0.